The van der Waals surface area contributed by atoms with E-state index < -0.39 is 5.97 Å². The van der Waals surface area contributed by atoms with Gasteiger partial charge in [-0.3, -0.25) is 4.79 Å². The quantitative estimate of drug-likeness (QED) is 0.507. The molecule has 0 amide bonds. The molecule has 1 aromatic heterocycles. The molecule has 1 heterocycles. The van der Waals surface area contributed by atoms with E-state index in [0.717, 1.165) is 54.7 Å². The minimum absolute atomic E-state index is 0.302. The highest BCUT2D eigenvalue weighted by Gasteiger charge is 2.04. The van der Waals surface area contributed by atoms with Gasteiger partial charge in [-0.1, -0.05) is 38.5 Å². The number of aliphatic carboxylic acids is 1. The van der Waals surface area contributed by atoms with E-state index in [0.29, 0.717) is 6.42 Å². The van der Waals surface area contributed by atoms with E-state index in [2.05, 4.69) is 15.3 Å². The van der Waals surface area contributed by atoms with Gasteiger partial charge in [0.1, 0.15) is 17.9 Å². The highest BCUT2D eigenvalue weighted by molar-refractivity contribution is 5.89. The van der Waals surface area contributed by atoms with Gasteiger partial charge in [-0.25, -0.2) is 9.97 Å². The summed E-state index contributed by atoms with van der Waals surface area (Å²) in [6.07, 6.45) is 10.8. The van der Waals surface area contributed by atoms with Crippen molar-refractivity contribution in [3.63, 3.8) is 0 Å². The number of methoxy groups -OCH3 is 1. The molecule has 26 heavy (non-hydrogen) atoms. The second-order valence-corrected chi connectivity index (χ2v) is 6.50. The number of carboxylic acids is 1. The first-order valence-electron chi connectivity index (χ1n) is 9.45. The number of carboxylic acid groups (broad SMARTS) is 1. The second-order valence-electron chi connectivity index (χ2n) is 6.50. The van der Waals surface area contributed by atoms with E-state index in [1.165, 1.54) is 25.7 Å². The van der Waals surface area contributed by atoms with Gasteiger partial charge in [0.25, 0.3) is 0 Å². The zero-order valence-electron chi connectivity index (χ0n) is 15.5. The zero-order valence-corrected chi connectivity index (χ0v) is 15.5. The van der Waals surface area contributed by atoms with Crippen molar-refractivity contribution in [1.82, 2.24) is 9.97 Å². The molecular weight excluding hydrogens is 330 g/mol. The van der Waals surface area contributed by atoms with E-state index in [1.54, 1.807) is 13.4 Å². The van der Waals surface area contributed by atoms with Gasteiger partial charge in [-0.2, -0.15) is 0 Å². The molecule has 0 saturated heterocycles. The molecule has 0 aliphatic carbocycles. The van der Waals surface area contributed by atoms with Crippen LogP contribution in [0.3, 0.4) is 0 Å². The lowest BCUT2D eigenvalue weighted by atomic mass is 10.1. The van der Waals surface area contributed by atoms with Gasteiger partial charge < -0.3 is 15.2 Å². The summed E-state index contributed by atoms with van der Waals surface area (Å²) in [5, 5.41) is 13.0. The number of carbonyl (C=O) groups is 1. The van der Waals surface area contributed by atoms with Crippen molar-refractivity contribution in [2.24, 2.45) is 0 Å². The molecule has 0 aliphatic rings. The third kappa shape index (κ3) is 6.86. The Morgan fingerprint density at radius 1 is 1.04 bits per heavy atom. The molecule has 0 radical (unpaired) electrons. The Morgan fingerprint density at radius 3 is 2.42 bits per heavy atom. The number of nitrogens with one attached hydrogen (secondary N) is 1. The lowest BCUT2D eigenvalue weighted by Gasteiger charge is -2.09. The van der Waals surface area contributed by atoms with Crippen molar-refractivity contribution in [2.75, 3.05) is 19.0 Å². The van der Waals surface area contributed by atoms with Crippen LogP contribution in [0.25, 0.3) is 10.9 Å². The Balaban J connectivity index is 1.59. The molecule has 0 fully saturated rings. The average Bonchev–Trinajstić information content (AvgIpc) is 2.65. The maximum absolute atomic E-state index is 10.4. The molecular formula is C20H29N3O3. The van der Waals surface area contributed by atoms with Gasteiger partial charge in [0, 0.05) is 24.4 Å². The fraction of sp³-hybridized carbons (Fsp3) is 0.550. The lowest BCUT2D eigenvalue weighted by Crippen LogP contribution is -2.04. The van der Waals surface area contributed by atoms with Gasteiger partial charge in [0.15, 0.2) is 0 Å². The van der Waals surface area contributed by atoms with Gasteiger partial charge in [0.2, 0.25) is 0 Å². The first kappa shape index (κ1) is 19.9. The first-order valence-corrected chi connectivity index (χ1v) is 9.45. The van der Waals surface area contributed by atoms with Crippen LogP contribution in [-0.2, 0) is 4.79 Å². The summed E-state index contributed by atoms with van der Waals surface area (Å²) in [4.78, 5) is 19.1. The summed E-state index contributed by atoms with van der Waals surface area (Å²) in [7, 11) is 1.65. The number of anilines is 1. The number of aromatic nitrogens is 2. The minimum Gasteiger partial charge on any atom is -0.497 e. The largest absolute Gasteiger partial charge is 0.497 e. The van der Waals surface area contributed by atoms with Crippen molar-refractivity contribution < 1.29 is 14.6 Å². The fourth-order valence-electron chi connectivity index (χ4n) is 2.97. The van der Waals surface area contributed by atoms with Crippen molar-refractivity contribution in [3.05, 3.63) is 24.5 Å². The smallest absolute Gasteiger partial charge is 0.303 e. The van der Waals surface area contributed by atoms with Crippen LogP contribution >= 0.6 is 0 Å². The number of rotatable bonds is 13. The number of fused-ring (bicyclic) bond motifs is 1. The zero-order chi connectivity index (χ0) is 18.6. The Morgan fingerprint density at radius 2 is 1.73 bits per heavy atom. The number of hydrogen-bond acceptors (Lipinski definition) is 5. The topological polar surface area (TPSA) is 84.3 Å². The molecule has 0 aliphatic heterocycles. The van der Waals surface area contributed by atoms with Gasteiger partial charge in [0.05, 0.1) is 12.6 Å². The maximum Gasteiger partial charge on any atom is 0.303 e. The van der Waals surface area contributed by atoms with Crippen LogP contribution in [0.2, 0.25) is 0 Å². The SMILES string of the molecule is COc1ccc2c(NCCCCCCCCCCC(=O)O)ncnc2c1. The Labute approximate surface area is 155 Å². The summed E-state index contributed by atoms with van der Waals surface area (Å²) in [6.45, 7) is 0.900. The standard InChI is InChI=1S/C20H29N3O3/c1-26-16-11-12-17-18(14-16)22-15-23-20(17)21-13-9-7-5-3-2-4-6-8-10-19(24)25/h11-12,14-15H,2-10,13H2,1H3,(H,24,25)(H,21,22,23). The van der Waals surface area contributed by atoms with Gasteiger partial charge >= 0.3 is 5.97 Å². The van der Waals surface area contributed by atoms with E-state index in [9.17, 15) is 4.79 Å². The molecule has 142 valence electrons. The maximum atomic E-state index is 10.4. The summed E-state index contributed by atoms with van der Waals surface area (Å²) in [5.74, 6) is 0.981. The van der Waals surface area contributed by atoms with Crippen LogP contribution < -0.4 is 10.1 Å². The van der Waals surface area contributed by atoms with Crippen LogP contribution in [0.15, 0.2) is 24.5 Å². The van der Waals surface area contributed by atoms with Crippen molar-refractivity contribution in [2.45, 2.75) is 57.8 Å². The van der Waals surface area contributed by atoms with Crippen LogP contribution in [0.4, 0.5) is 5.82 Å². The average molecular weight is 359 g/mol. The number of hydrogen-bond donors (Lipinski definition) is 2. The Kier molecular flexibility index (Phi) is 8.66. The Hall–Kier alpha value is -2.37. The molecule has 0 atom stereocenters. The van der Waals surface area contributed by atoms with Crippen LogP contribution in [0, 0.1) is 0 Å². The van der Waals surface area contributed by atoms with Crippen molar-refractivity contribution in [1.29, 1.82) is 0 Å². The van der Waals surface area contributed by atoms with Crippen molar-refractivity contribution in [3.8, 4) is 5.75 Å². The molecule has 1 aromatic carbocycles. The normalized spacial score (nSPS) is 10.8. The van der Waals surface area contributed by atoms with E-state index >= 15 is 0 Å². The van der Waals surface area contributed by atoms with Crippen LogP contribution in [0.5, 0.6) is 5.75 Å². The van der Waals surface area contributed by atoms with Gasteiger partial charge in [-0.15, -0.1) is 0 Å². The number of nitrogens with zero attached hydrogens (tertiary/aromatic N) is 2. The predicted octanol–water partition coefficient (Wildman–Crippen LogP) is 4.65. The summed E-state index contributed by atoms with van der Waals surface area (Å²) >= 11 is 0. The van der Waals surface area contributed by atoms with Gasteiger partial charge in [-0.05, 0) is 25.0 Å². The summed E-state index contributed by atoms with van der Waals surface area (Å²) in [6, 6.07) is 5.83. The summed E-state index contributed by atoms with van der Waals surface area (Å²) in [5.41, 5.74) is 0.879. The highest BCUT2D eigenvalue weighted by Crippen LogP contribution is 2.23. The number of benzene rings is 1. The van der Waals surface area contributed by atoms with E-state index in [4.69, 9.17) is 9.84 Å². The third-order valence-corrected chi connectivity index (χ3v) is 4.45. The van der Waals surface area contributed by atoms with E-state index in [1.807, 2.05) is 18.2 Å². The number of ether oxygens (including phenoxy) is 1. The molecule has 6 heteroatoms. The molecule has 2 rings (SSSR count). The van der Waals surface area contributed by atoms with E-state index in [-0.39, 0.29) is 0 Å². The Bertz CT molecular complexity index is 691. The molecule has 0 bridgehead atoms. The predicted molar refractivity (Wildman–Crippen MR) is 104 cm³/mol. The fourth-order valence-corrected chi connectivity index (χ4v) is 2.97. The second kappa shape index (κ2) is 11.3. The van der Waals surface area contributed by atoms with Crippen LogP contribution in [0.1, 0.15) is 57.8 Å². The highest BCUT2D eigenvalue weighted by atomic mass is 16.5. The lowest BCUT2D eigenvalue weighted by molar-refractivity contribution is -0.137. The molecule has 0 saturated carbocycles. The molecule has 6 nitrogen and oxygen atoms in total. The molecule has 0 spiro atoms. The molecule has 0 unspecified atom stereocenters. The summed E-state index contributed by atoms with van der Waals surface area (Å²) < 4.78 is 5.23. The molecule has 2 N–H and O–H groups in total. The monoisotopic (exact) mass is 359 g/mol. The third-order valence-electron chi connectivity index (χ3n) is 4.45. The number of unbranched alkanes of at least 4 members (excludes halogenated alkanes) is 7. The minimum atomic E-state index is -0.687. The van der Waals surface area contributed by atoms with Crippen molar-refractivity contribution >= 4 is 22.7 Å². The first-order chi connectivity index (χ1) is 12.7. The molecule has 2 aromatic rings. The van der Waals surface area contributed by atoms with Crippen LogP contribution in [-0.4, -0.2) is 34.7 Å².